The Hall–Kier alpha value is -1.13. The number of halogens is 2. The molecule has 0 unspecified atom stereocenters. The third-order valence-electron chi connectivity index (χ3n) is 1.36. The van der Waals surface area contributed by atoms with Gasteiger partial charge in [-0.05, 0) is 6.07 Å². The van der Waals surface area contributed by atoms with Gasteiger partial charge in [-0.1, -0.05) is 23.2 Å². The Morgan fingerprint density at radius 1 is 1.38 bits per heavy atom. The highest BCUT2D eigenvalue weighted by Crippen LogP contribution is 2.32. The SMILES string of the molecule is O=Cc1cc(Cl)c(Cl)c([N+](=O)[O-])c1. The minimum atomic E-state index is -0.693. The zero-order valence-electron chi connectivity index (χ0n) is 6.16. The minimum absolute atomic E-state index is 0.00188. The fourth-order valence-electron chi connectivity index (χ4n) is 0.796. The van der Waals surface area contributed by atoms with Crippen LogP contribution in [0.15, 0.2) is 12.1 Å². The molecule has 0 atom stereocenters. The molecule has 0 amide bonds. The summed E-state index contributed by atoms with van der Waals surface area (Å²) in [5.74, 6) is 0. The number of carbonyl (C=O) groups excluding carboxylic acids is 1. The summed E-state index contributed by atoms with van der Waals surface area (Å²) in [6, 6.07) is 2.34. The van der Waals surface area contributed by atoms with Crippen molar-refractivity contribution in [1.29, 1.82) is 0 Å². The smallest absolute Gasteiger partial charge is 0.290 e. The van der Waals surface area contributed by atoms with E-state index in [1.165, 1.54) is 6.07 Å². The molecule has 0 N–H and O–H groups in total. The van der Waals surface area contributed by atoms with Crippen LogP contribution in [0.25, 0.3) is 0 Å². The predicted octanol–water partition coefficient (Wildman–Crippen LogP) is 2.71. The largest absolute Gasteiger partial charge is 0.298 e. The first kappa shape index (κ1) is 9.95. The third kappa shape index (κ3) is 1.96. The van der Waals surface area contributed by atoms with Gasteiger partial charge in [0.1, 0.15) is 11.3 Å². The minimum Gasteiger partial charge on any atom is -0.298 e. The molecule has 0 saturated carbocycles. The lowest BCUT2D eigenvalue weighted by Gasteiger charge is -1.98. The van der Waals surface area contributed by atoms with Gasteiger partial charge >= 0.3 is 0 Å². The van der Waals surface area contributed by atoms with E-state index >= 15 is 0 Å². The summed E-state index contributed by atoms with van der Waals surface area (Å²) in [6.07, 6.45) is 0.467. The molecule has 68 valence electrons. The van der Waals surface area contributed by atoms with Gasteiger partial charge in [0.15, 0.2) is 0 Å². The van der Waals surface area contributed by atoms with Gasteiger partial charge in [0.25, 0.3) is 5.69 Å². The highest BCUT2D eigenvalue weighted by Gasteiger charge is 2.16. The van der Waals surface area contributed by atoms with Crippen molar-refractivity contribution in [1.82, 2.24) is 0 Å². The number of hydrogen-bond donors (Lipinski definition) is 0. The molecule has 0 radical (unpaired) electrons. The van der Waals surface area contributed by atoms with E-state index in [9.17, 15) is 14.9 Å². The fourth-order valence-corrected chi connectivity index (χ4v) is 1.20. The van der Waals surface area contributed by atoms with Crippen molar-refractivity contribution in [3.8, 4) is 0 Å². The Morgan fingerprint density at radius 3 is 2.46 bits per heavy atom. The van der Waals surface area contributed by atoms with Crippen LogP contribution in [0.3, 0.4) is 0 Å². The van der Waals surface area contributed by atoms with Crippen LogP contribution in [0.5, 0.6) is 0 Å². The summed E-state index contributed by atoms with van der Waals surface area (Å²) in [5.41, 5.74) is -0.239. The first-order valence-electron chi connectivity index (χ1n) is 3.15. The van der Waals surface area contributed by atoms with E-state index in [2.05, 4.69) is 0 Å². The number of nitrogens with zero attached hydrogens (tertiary/aromatic N) is 1. The van der Waals surface area contributed by atoms with Gasteiger partial charge < -0.3 is 0 Å². The van der Waals surface area contributed by atoms with Crippen LogP contribution in [0, 0.1) is 10.1 Å². The molecule has 0 spiro atoms. The number of hydrogen-bond acceptors (Lipinski definition) is 3. The summed E-state index contributed by atoms with van der Waals surface area (Å²) in [7, 11) is 0. The molecule has 1 aromatic carbocycles. The van der Waals surface area contributed by atoms with Gasteiger partial charge in [-0.25, -0.2) is 0 Å². The normalized spacial score (nSPS) is 9.69. The molecule has 4 nitrogen and oxygen atoms in total. The first-order chi connectivity index (χ1) is 6.06. The summed E-state index contributed by atoms with van der Waals surface area (Å²) in [6.45, 7) is 0. The van der Waals surface area contributed by atoms with E-state index in [0.29, 0.717) is 6.29 Å². The van der Waals surface area contributed by atoms with Crippen molar-refractivity contribution in [3.63, 3.8) is 0 Å². The number of carbonyl (C=O) groups is 1. The maximum Gasteiger partial charge on any atom is 0.290 e. The lowest BCUT2D eigenvalue weighted by Crippen LogP contribution is -1.92. The summed E-state index contributed by atoms with van der Waals surface area (Å²) in [5, 5.41) is 10.2. The molecule has 0 aliphatic rings. The lowest BCUT2D eigenvalue weighted by molar-refractivity contribution is -0.384. The second kappa shape index (κ2) is 3.72. The Bertz CT molecular complexity index is 378. The van der Waals surface area contributed by atoms with Crippen molar-refractivity contribution in [2.24, 2.45) is 0 Å². The standard InChI is InChI=1S/C7H3Cl2NO3/c8-5-1-4(3-11)2-6(7(5)9)10(12)13/h1-3H. The van der Waals surface area contributed by atoms with E-state index in [4.69, 9.17) is 23.2 Å². The average molecular weight is 220 g/mol. The zero-order valence-corrected chi connectivity index (χ0v) is 7.67. The molecule has 0 aromatic heterocycles. The van der Waals surface area contributed by atoms with Crippen LogP contribution >= 0.6 is 23.2 Å². The molecule has 1 rings (SSSR count). The van der Waals surface area contributed by atoms with Crippen LogP contribution in [0.4, 0.5) is 5.69 Å². The van der Waals surface area contributed by atoms with Crippen molar-refractivity contribution in [2.75, 3.05) is 0 Å². The van der Waals surface area contributed by atoms with Gasteiger partial charge in [-0.2, -0.15) is 0 Å². The van der Waals surface area contributed by atoms with Crippen molar-refractivity contribution in [3.05, 3.63) is 37.9 Å². The lowest BCUT2D eigenvalue weighted by atomic mass is 10.2. The van der Waals surface area contributed by atoms with Crippen molar-refractivity contribution >= 4 is 35.2 Å². The maximum absolute atomic E-state index is 10.4. The molecule has 0 fully saturated rings. The first-order valence-corrected chi connectivity index (χ1v) is 3.90. The summed E-state index contributed by atoms with van der Waals surface area (Å²) >= 11 is 11.1. The van der Waals surface area contributed by atoms with Gasteiger partial charge in [0, 0.05) is 11.6 Å². The molecule has 0 bridgehead atoms. The zero-order chi connectivity index (χ0) is 10.0. The van der Waals surface area contributed by atoms with Crippen LogP contribution in [-0.2, 0) is 0 Å². The molecule has 0 heterocycles. The Labute approximate surface area is 83.2 Å². The molecule has 0 aliphatic heterocycles. The van der Waals surface area contributed by atoms with Gasteiger partial charge in [0.05, 0.1) is 9.95 Å². The second-order valence-corrected chi connectivity index (χ2v) is 3.00. The number of rotatable bonds is 2. The Kier molecular flexibility index (Phi) is 2.85. The highest BCUT2D eigenvalue weighted by molar-refractivity contribution is 6.43. The van der Waals surface area contributed by atoms with Gasteiger partial charge in [-0.15, -0.1) is 0 Å². The third-order valence-corrected chi connectivity index (χ3v) is 2.16. The van der Waals surface area contributed by atoms with E-state index in [0.717, 1.165) is 6.07 Å². The summed E-state index contributed by atoms with van der Waals surface area (Å²) < 4.78 is 0. The number of nitro groups is 1. The second-order valence-electron chi connectivity index (χ2n) is 2.21. The molecule has 6 heteroatoms. The van der Waals surface area contributed by atoms with E-state index < -0.39 is 4.92 Å². The molecule has 0 saturated heterocycles. The topological polar surface area (TPSA) is 60.2 Å². The van der Waals surface area contributed by atoms with Crippen LogP contribution in [-0.4, -0.2) is 11.2 Å². The van der Waals surface area contributed by atoms with Crippen molar-refractivity contribution in [2.45, 2.75) is 0 Å². The number of nitro benzene ring substituents is 1. The van der Waals surface area contributed by atoms with Crippen LogP contribution in [0.1, 0.15) is 10.4 Å². The maximum atomic E-state index is 10.4. The summed E-state index contributed by atoms with van der Waals surface area (Å²) in [4.78, 5) is 20.0. The monoisotopic (exact) mass is 219 g/mol. The predicted molar refractivity (Wildman–Crippen MR) is 48.5 cm³/mol. The van der Waals surface area contributed by atoms with E-state index in [1.807, 2.05) is 0 Å². The van der Waals surface area contributed by atoms with Gasteiger partial charge in [-0.3, -0.25) is 14.9 Å². The molecule has 1 aromatic rings. The van der Waals surface area contributed by atoms with Crippen molar-refractivity contribution < 1.29 is 9.72 Å². The molecular weight excluding hydrogens is 217 g/mol. The molecule has 0 aliphatic carbocycles. The molecule has 13 heavy (non-hydrogen) atoms. The number of benzene rings is 1. The van der Waals surface area contributed by atoms with Crippen LogP contribution in [0.2, 0.25) is 10.0 Å². The number of aldehydes is 1. The average Bonchev–Trinajstić information content (AvgIpc) is 2.09. The van der Waals surface area contributed by atoms with Gasteiger partial charge in [0.2, 0.25) is 0 Å². The highest BCUT2D eigenvalue weighted by atomic mass is 35.5. The van der Waals surface area contributed by atoms with E-state index in [1.54, 1.807) is 0 Å². The fraction of sp³-hybridized carbons (Fsp3) is 0. The van der Waals surface area contributed by atoms with Crippen LogP contribution < -0.4 is 0 Å². The Morgan fingerprint density at radius 2 is 2.00 bits per heavy atom. The molecular formula is C7H3Cl2NO3. The Balaban J connectivity index is 3.41. The quantitative estimate of drug-likeness (QED) is 0.437. The van der Waals surface area contributed by atoms with E-state index in [-0.39, 0.29) is 21.3 Å².